The summed E-state index contributed by atoms with van der Waals surface area (Å²) in [5, 5.41) is 2.52. The van der Waals surface area contributed by atoms with Crippen molar-refractivity contribution in [2.45, 2.75) is 141 Å². The molecule has 2 aliphatic rings. The first-order valence-corrected chi connectivity index (χ1v) is 27.1. The molecule has 344 valence electrons. The van der Waals surface area contributed by atoms with E-state index in [1.165, 1.54) is 185 Å². The molecule has 11 rings (SSSR count). The fourth-order valence-corrected chi connectivity index (χ4v) is 13.6. The topological polar surface area (TPSA) is 30.7 Å². The van der Waals surface area contributed by atoms with Gasteiger partial charge in [0.1, 0.15) is 11.0 Å². The lowest BCUT2D eigenvalue weighted by Gasteiger charge is -2.33. The monoisotopic (exact) mass is 910 g/mol. The number of unbranched alkanes of at least 4 members (excludes halogenated alkanes) is 10. The second-order valence-electron chi connectivity index (χ2n) is 20.2. The van der Waals surface area contributed by atoms with E-state index in [2.05, 4.69) is 172 Å². The maximum absolute atomic E-state index is 5.09. The summed E-state index contributed by atoms with van der Waals surface area (Å²) < 4.78 is 12.5. The summed E-state index contributed by atoms with van der Waals surface area (Å²) >= 11 is 1.33. The standard InChI is InChI=1S/C64H67N3S/c1-5-9-11-13-15-23-39-64(40-24-16-14-12-10-6-2)56-42-45(44-31-34-49-48-25-17-20-28-54(48)63(7-3,8-4)55(49)41-44)32-35-50(56)51-36-33-46(43-57(51)64)47-37-38-60(62-61(47)65-68-66-62)67-58-29-21-18-26-52(58)53-27-19-22-30-59(53)67/h17-22,25-38,41-43H,5-16,23-24,39-40H2,1-4H3. The van der Waals surface area contributed by atoms with Crippen LogP contribution in [-0.4, -0.2) is 13.3 Å². The molecule has 2 heterocycles. The number of fused-ring (bicyclic) bond motifs is 10. The third-order valence-electron chi connectivity index (χ3n) is 16.6. The van der Waals surface area contributed by atoms with Crippen LogP contribution in [0.15, 0.2) is 140 Å². The van der Waals surface area contributed by atoms with E-state index in [1.54, 1.807) is 5.56 Å². The highest BCUT2D eigenvalue weighted by molar-refractivity contribution is 7.00. The van der Waals surface area contributed by atoms with Crippen LogP contribution in [0.4, 0.5) is 0 Å². The van der Waals surface area contributed by atoms with Gasteiger partial charge in [-0.25, -0.2) is 0 Å². The Kier molecular flexibility index (Phi) is 12.4. The summed E-state index contributed by atoms with van der Waals surface area (Å²) in [5.74, 6) is 0. The lowest BCUT2D eigenvalue weighted by atomic mass is 9.69. The minimum Gasteiger partial charge on any atom is -0.307 e. The molecule has 2 aromatic heterocycles. The number of benzene rings is 7. The lowest BCUT2D eigenvalue weighted by Crippen LogP contribution is -2.25. The summed E-state index contributed by atoms with van der Waals surface area (Å²) in [7, 11) is 0. The van der Waals surface area contributed by atoms with Crippen molar-refractivity contribution >= 4 is 44.6 Å². The molecule has 0 amide bonds. The van der Waals surface area contributed by atoms with Crippen LogP contribution < -0.4 is 0 Å². The van der Waals surface area contributed by atoms with E-state index >= 15 is 0 Å². The van der Waals surface area contributed by atoms with Gasteiger partial charge in [-0.05, 0) is 129 Å². The van der Waals surface area contributed by atoms with E-state index in [0.717, 1.165) is 29.6 Å². The Morgan fingerprint density at radius 2 is 0.853 bits per heavy atom. The van der Waals surface area contributed by atoms with E-state index in [9.17, 15) is 0 Å². The van der Waals surface area contributed by atoms with Gasteiger partial charge >= 0.3 is 0 Å². The van der Waals surface area contributed by atoms with Crippen molar-refractivity contribution in [1.29, 1.82) is 0 Å². The number of para-hydroxylation sites is 2. The van der Waals surface area contributed by atoms with Gasteiger partial charge in [0.05, 0.1) is 28.4 Å². The molecule has 0 bridgehead atoms. The molecule has 0 aliphatic heterocycles. The molecule has 0 radical (unpaired) electrons. The Hall–Kier alpha value is -5.84. The minimum absolute atomic E-state index is 0.0461. The normalized spacial score (nSPS) is 14.2. The molecule has 0 N–H and O–H groups in total. The van der Waals surface area contributed by atoms with Crippen LogP contribution in [-0.2, 0) is 10.8 Å². The fourth-order valence-electron chi connectivity index (χ4n) is 13.0. The van der Waals surface area contributed by atoms with Crippen LogP contribution >= 0.6 is 11.7 Å². The van der Waals surface area contributed by atoms with E-state index in [-0.39, 0.29) is 10.8 Å². The summed E-state index contributed by atoms with van der Waals surface area (Å²) in [5.41, 5.74) is 22.3. The van der Waals surface area contributed by atoms with Crippen molar-refractivity contribution in [2.75, 3.05) is 0 Å². The Balaban J connectivity index is 1.04. The molecule has 68 heavy (non-hydrogen) atoms. The largest absolute Gasteiger partial charge is 0.307 e. The lowest BCUT2D eigenvalue weighted by molar-refractivity contribution is 0.398. The highest BCUT2D eigenvalue weighted by Crippen LogP contribution is 2.57. The van der Waals surface area contributed by atoms with E-state index in [4.69, 9.17) is 8.75 Å². The van der Waals surface area contributed by atoms with Gasteiger partial charge in [-0.2, -0.15) is 8.75 Å². The van der Waals surface area contributed by atoms with Gasteiger partial charge in [0.2, 0.25) is 0 Å². The molecule has 0 atom stereocenters. The number of hydrogen-bond acceptors (Lipinski definition) is 3. The SMILES string of the molecule is CCCCCCCCC1(CCCCCCCC)c2cc(-c3ccc4c(c3)C(CC)(CC)c3ccccc3-4)ccc2-c2ccc(-c3ccc(-n4c5ccccc5c5ccccc54)c4nsnc34)cc21. The van der Waals surface area contributed by atoms with Crippen LogP contribution in [0.2, 0.25) is 0 Å². The molecule has 0 saturated carbocycles. The zero-order valence-electron chi connectivity index (χ0n) is 40.8. The third-order valence-corrected chi connectivity index (χ3v) is 17.1. The van der Waals surface area contributed by atoms with Crippen LogP contribution in [0.1, 0.15) is 153 Å². The molecule has 9 aromatic rings. The van der Waals surface area contributed by atoms with Gasteiger partial charge < -0.3 is 4.57 Å². The zero-order valence-corrected chi connectivity index (χ0v) is 41.7. The predicted molar refractivity (Wildman–Crippen MR) is 292 cm³/mol. The predicted octanol–water partition coefficient (Wildman–Crippen LogP) is 19.0. The third kappa shape index (κ3) is 7.36. The number of hydrogen-bond donors (Lipinski definition) is 0. The molecule has 7 aromatic carbocycles. The van der Waals surface area contributed by atoms with Crippen molar-refractivity contribution in [3.8, 4) is 50.2 Å². The Labute approximate surface area is 409 Å². The summed E-state index contributed by atoms with van der Waals surface area (Å²) in [4.78, 5) is 0. The van der Waals surface area contributed by atoms with Gasteiger partial charge in [-0.3, -0.25) is 0 Å². The summed E-state index contributed by atoms with van der Waals surface area (Å²) in [6, 6.07) is 53.8. The first-order chi connectivity index (χ1) is 33.5. The molecule has 0 saturated heterocycles. The fraction of sp³-hybridized carbons (Fsp3) is 0.344. The molecular formula is C64H67N3S. The number of nitrogens with zero attached hydrogens (tertiary/aromatic N) is 3. The van der Waals surface area contributed by atoms with Crippen molar-refractivity contribution < 1.29 is 0 Å². The van der Waals surface area contributed by atoms with Gasteiger partial charge in [0, 0.05) is 27.2 Å². The van der Waals surface area contributed by atoms with Crippen LogP contribution in [0.5, 0.6) is 0 Å². The molecule has 4 heteroatoms. The molecular weight excluding hydrogens is 843 g/mol. The van der Waals surface area contributed by atoms with Gasteiger partial charge in [0.25, 0.3) is 0 Å². The quantitative estimate of drug-likeness (QED) is 0.0757. The highest BCUT2D eigenvalue weighted by atomic mass is 32.1. The Morgan fingerprint density at radius 3 is 1.44 bits per heavy atom. The Bertz CT molecular complexity index is 3200. The maximum atomic E-state index is 5.09. The van der Waals surface area contributed by atoms with Crippen LogP contribution in [0.3, 0.4) is 0 Å². The smallest absolute Gasteiger partial charge is 0.129 e. The first kappa shape index (κ1) is 44.7. The van der Waals surface area contributed by atoms with Crippen molar-refractivity contribution in [2.24, 2.45) is 0 Å². The van der Waals surface area contributed by atoms with Crippen molar-refractivity contribution in [1.82, 2.24) is 13.3 Å². The second-order valence-corrected chi connectivity index (χ2v) is 20.7. The van der Waals surface area contributed by atoms with Crippen LogP contribution in [0.25, 0.3) is 83.0 Å². The number of aromatic nitrogens is 3. The van der Waals surface area contributed by atoms with E-state index < -0.39 is 0 Å². The number of rotatable bonds is 19. The highest BCUT2D eigenvalue weighted by Gasteiger charge is 2.44. The average molecular weight is 910 g/mol. The van der Waals surface area contributed by atoms with Gasteiger partial charge in [-0.1, -0.05) is 202 Å². The van der Waals surface area contributed by atoms with Gasteiger partial charge in [0.15, 0.2) is 0 Å². The maximum Gasteiger partial charge on any atom is 0.129 e. The van der Waals surface area contributed by atoms with Crippen LogP contribution in [0, 0.1) is 0 Å². The van der Waals surface area contributed by atoms with Gasteiger partial charge in [-0.15, -0.1) is 0 Å². The van der Waals surface area contributed by atoms with E-state index in [1.807, 2.05) is 0 Å². The molecule has 0 spiro atoms. The summed E-state index contributed by atoms with van der Waals surface area (Å²) in [6.07, 6.45) is 20.2. The minimum atomic E-state index is -0.0713. The molecule has 2 aliphatic carbocycles. The molecule has 0 fully saturated rings. The van der Waals surface area contributed by atoms with Crippen molar-refractivity contribution in [3.05, 3.63) is 162 Å². The summed E-state index contributed by atoms with van der Waals surface area (Å²) in [6.45, 7) is 9.43. The average Bonchev–Trinajstić information content (AvgIpc) is 4.14. The van der Waals surface area contributed by atoms with Crippen molar-refractivity contribution in [3.63, 3.8) is 0 Å². The second kappa shape index (κ2) is 18.9. The van der Waals surface area contributed by atoms with E-state index in [0.29, 0.717) is 0 Å². The molecule has 0 unspecified atom stereocenters. The first-order valence-electron chi connectivity index (χ1n) is 26.3. The zero-order chi connectivity index (χ0) is 46.2. The Morgan fingerprint density at radius 1 is 0.397 bits per heavy atom. The molecule has 3 nitrogen and oxygen atoms in total.